The number of methoxy groups -OCH3 is 1. The van der Waals surface area contributed by atoms with Gasteiger partial charge in [0.05, 0.1) is 18.9 Å². The molecule has 0 unspecified atom stereocenters. The maximum Gasteiger partial charge on any atom is 0.131 e. The minimum Gasteiger partial charge on any atom is -0.496 e. The number of ether oxygens (including phenoxy) is 2. The molecule has 21 heavy (non-hydrogen) atoms. The fourth-order valence-electron chi connectivity index (χ4n) is 2.23. The van der Waals surface area contributed by atoms with Gasteiger partial charge < -0.3 is 14.6 Å². The summed E-state index contributed by atoms with van der Waals surface area (Å²) >= 11 is 0. The minimum atomic E-state index is -0.507. The number of pyridine rings is 1. The monoisotopic (exact) mass is 287 g/mol. The predicted molar refractivity (Wildman–Crippen MR) is 81.7 cm³/mol. The van der Waals surface area contributed by atoms with Gasteiger partial charge in [0, 0.05) is 17.3 Å². The zero-order chi connectivity index (χ0) is 15.4. The smallest absolute Gasteiger partial charge is 0.131 e. The lowest BCUT2D eigenvalue weighted by Crippen LogP contribution is -2.04. The number of aliphatic hydroxyl groups is 1. The van der Waals surface area contributed by atoms with Crippen LogP contribution in [0.4, 0.5) is 0 Å². The molecule has 0 bridgehead atoms. The Labute approximate surface area is 125 Å². The summed E-state index contributed by atoms with van der Waals surface area (Å²) in [5.41, 5.74) is 3.68. The first kappa shape index (κ1) is 15.3. The number of nitrogens with zero attached hydrogens (tertiary/aromatic N) is 1. The molecular formula is C17H21NO3. The first-order valence-corrected chi connectivity index (χ1v) is 6.92. The Balaban J connectivity index is 2.15. The Kier molecular flexibility index (Phi) is 4.81. The molecule has 0 radical (unpaired) electrons. The molecule has 1 atom stereocenters. The van der Waals surface area contributed by atoms with Crippen LogP contribution >= 0.6 is 0 Å². The highest BCUT2D eigenvalue weighted by Crippen LogP contribution is 2.25. The van der Waals surface area contributed by atoms with Crippen LogP contribution in [0.1, 0.15) is 35.4 Å². The van der Waals surface area contributed by atoms with Crippen molar-refractivity contribution in [3.05, 3.63) is 52.8 Å². The van der Waals surface area contributed by atoms with Crippen LogP contribution in [0.3, 0.4) is 0 Å². The molecule has 0 fully saturated rings. The van der Waals surface area contributed by atoms with Gasteiger partial charge in [-0.05, 0) is 38.5 Å². The zero-order valence-corrected chi connectivity index (χ0v) is 12.9. The number of rotatable bonds is 5. The Bertz CT molecular complexity index is 623. The SMILES string of the molecule is COc1c(C)cnc(COc2cccc([C@H](C)O)c2)c1C. The summed E-state index contributed by atoms with van der Waals surface area (Å²) in [6.45, 7) is 6.04. The molecule has 0 amide bonds. The van der Waals surface area contributed by atoms with E-state index in [4.69, 9.17) is 9.47 Å². The lowest BCUT2D eigenvalue weighted by atomic mass is 10.1. The van der Waals surface area contributed by atoms with Gasteiger partial charge in [-0.1, -0.05) is 12.1 Å². The molecule has 0 aliphatic heterocycles. The van der Waals surface area contributed by atoms with Crippen molar-refractivity contribution in [2.24, 2.45) is 0 Å². The molecular weight excluding hydrogens is 266 g/mol. The van der Waals surface area contributed by atoms with E-state index in [1.807, 2.05) is 38.1 Å². The molecule has 0 saturated heterocycles. The van der Waals surface area contributed by atoms with Crippen LogP contribution in [0, 0.1) is 13.8 Å². The third-order valence-corrected chi connectivity index (χ3v) is 3.47. The fraction of sp³-hybridized carbons (Fsp3) is 0.353. The second-order valence-electron chi connectivity index (χ2n) is 5.08. The molecule has 0 aliphatic rings. The largest absolute Gasteiger partial charge is 0.496 e. The van der Waals surface area contributed by atoms with Crippen molar-refractivity contribution >= 4 is 0 Å². The van der Waals surface area contributed by atoms with Gasteiger partial charge in [0.2, 0.25) is 0 Å². The average molecular weight is 287 g/mol. The predicted octanol–water partition coefficient (Wildman–Crippen LogP) is 3.34. The molecule has 2 rings (SSSR count). The van der Waals surface area contributed by atoms with Crippen LogP contribution in [0.25, 0.3) is 0 Å². The Morgan fingerprint density at radius 3 is 2.71 bits per heavy atom. The standard InChI is InChI=1S/C17H21NO3/c1-11-9-18-16(12(2)17(11)20-4)10-21-15-7-5-6-14(8-15)13(3)19/h5-9,13,19H,10H2,1-4H3/t13-/m0/s1. The van der Waals surface area contributed by atoms with Crippen LogP contribution in [-0.2, 0) is 6.61 Å². The second-order valence-corrected chi connectivity index (χ2v) is 5.08. The van der Waals surface area contributed by atoms with Gasteiger partial charge in [-0.3, -0.25) is 4.98 Å². The maximum absolute atomic E-state index is 9.59. The molecule has 0 spiro atoms. The minimum absolute atomic E-state index is 0.367. The lowest BCUT2D eigenvalue weighted by molar-refractivity contribution is 0.198. The Hall–Kier alpha value is -2.07. The number of hydrogen-bond donors (Lipinski definition) is 1. The van der Waals surface area contributed by atoms with Crippen molar-refractivity contribution in [1.29, 1.82) is 0 Å². The van der Waals surface area contributed by atoms with Crippen molar-refractivity contribution in [2.75, 3.05) is 7.11 Å². The summed E-state index contributed by atoms with van der Waals surface area (Å²) in [6, 6.07) is 7.45. The highest BCUT2D eigenvalue weighted by Gasteiger charge is 2.10. The number of hydrogen-bond acceptors (Lipinski definition) is 4. The van der Waals surface area contributed by atoms with Gasteiger partial charge in [0.1, 0.15) is 18.1 Å². The van der Waals surface area contributed by atoms with Gasteiger partial charge in [-0.25, -0.2) is 0 Å². The topological polar surface area (TPSA) is 51.6 Å². The van der Waals surface area contributed by atoms with Crippen LogP contribution in [0.2, 0.25) is 0 Å². The highest BCUT2D eigenvalue weighted by molar-refractivity contribution is 5.41. The van der Waals surface area contributed by atoms with Crippen molar-refractivity contribution in [3.63, 3.8) is 0 Å². The van der Waals surface area contributed by atoms with Crippen molar-refractivity contribution in [3.8, 4) is 11.5 Å². The molecule has 1 aromatic carbocycles. The van der Waals surface area contributed by atoms with E-state index in [-0.39, 0.29) is 0 Å². The van der Waals surface area contributed by atoms with E-state index in [2.05, 4.69) is 4.98 Å². The summed E-state index contributed by atoms with van der Waals surface area (Å²) in [7, 11) is 1.66. The molecule has 0 aliphatic carbocycles. The Morgan fingerprint density at radius 1 is 1.29 bits per heavy atom. The first-order valence-electron chi connectivity index (χ1n) is 6.92. The third kappa shape index (κ3) is 3.52. The third-order valence-electron chi connectivity index (χ3n) is 3.47. The summed E-state index contributed by atoms with van der Waals surface area (Å²) in [5.74, 6) is 1.57. The molecule has 1 aromatic heterocycles. The van der Waals surface area contributed by atoms with E-state index in [1.165, 1.54) is 0 Å². The molecule has 112 valence electrons. The fourth-order valence-corrected chi connectivity index (χ4v) is 2.23. The number of aromatic nitrogens is 1. The van der Waals surface area contributed by atoms with E-state index in [1.54, 1.807) is 20.2 Å². The Morgan fingerprint density at radius 2 is 2.05 bits per heavy atom. The molecule has 0 saturated carbocycles. The van der Waals surface area contributed by atoms with E-state index in [0.29, 0.717) is 12.4 Å². The van der Waals surface area contributed by atoms with Crippen LogP contribution in [0.5, 0.6) is 11.5 Å². The average Bonchev–Trinajstić information content (AvgIpc) is 2.47. The summed E-state index contributed by atoms with van der Waals surface area (Å²) in [4.78, 5) is 4.40. The van der Waals surface area contributed by atoms with Gasteiger partial charge in [0.25, 0.3) is 0 Å². The molecule has 1 heterocycles. The summed E-state index contributed by atoms with van der Waals surface area (Å²) in [6.07, 6.45) is 1.28. The van der Waals surface area contributed by atoms with Gasteiger partial charge in [0.15, 0.2) is 0 Å². The normalized spacial score (nSPS) is 12.0. The van der Waals surface area contributed by atoms with Crippen molar-refractivity contribution in [1.82, 2.24) is 4.98 Å². The maximum atomic E-state index is 9.59. The lowest BCUT2D eigenvalue weighted by Gasteiger charge is -2.13. The number of benzene rings is 1. The van der Waals surface area contributed by atoms with E-state index in [0.717, 1.165) is 28.1 Å². The van der Waals surface area contributed by atoms with Crippen LogP contribution < -0.4 is 9.47 Å². The van der Waals surface area contributed by atoms with E-state index in [9.17, 15) is 5.11 Å². The molecule has 2 aromatic rings. The summed E-state index contributed by atoms with van der Waals surface area (Å²) in [5, 5.41) is 9.59. The first-order chi connectivity index (χ1) is 10.0. The quantitative estimate of drug-likeness (QED) is 0.916. The summed E-state index contributed by atoms with van der Waals surface area (Å²) < 4.78 is 11.2. The number of aliphatic hydroxyl groups excluding tert-OH is 1. The van der Waals surface area contributed by atoms with E-state index >= 15 is 0 Å². The van der Waals surface area contributed by atoms with Crippen molar-refractivity contribution < 1.29 is 14.6 Å². The van der Waals surface area contributed by atoms with E-state index < -0.39 is 6.10 Å². The molecule has 4 nitrogen and oxygen atoms in total. The highest BCUT2D eigenvalue weighted by atomic mass is 16.5. The zero-order valence-electron chi connectivity index (χ0n) is 12.9. The number of aryl methyl sites for hydroxylation is 1. The van der Waals surface area contributed by atoms with Gasteiger partial charge in [-0.2, -0.15) is 0 Å². The van der Waals surface area contributed by atoms with Gasteiger partial charge in [-0.15, -0.1) is 0 Å². The van der Waals surface area contributed by atoms with Crippen molar-refractivity contribution in [2.45, 2.75) is 33.5 Å². The molecule has 4 heteroatoms. The van der Waals surface area contributed by atoms with Crippen LogP contribution in [0.15, 0.2) is 30.5 Å². The second kappa shape index (κ2) is 6.59. The van der Waals surface area contributed by atoms with Crippen LogP contribution in [-0.4, -0.2) is 17.2 Å². The molecule has 1 N–H and O–H groups in total. The van der Waals surface area contributed by atoms with Gasteiger partial charge >= 0.3 is 0 Å².